The molecule has 0 aliphatic rings. The molecule has 0 heterocycles. The van der Waals surface area contributed by atoms with Gasteiger partial charge in [0.25, 0.3) is 10.0 Å². The minimum absolute atomic E-state index is 0.00653. The van der Waals surface area contributed by atoms with Gasteiger partial charge in [-0.3, -0.25) is 4.31 Å². The Hall–Kier alpha value is -2.05. The fourth-order valence-corrected chi connectivity index (χ4v) is 3.49. The zero-order valence-electron chi connectivity index (χ0n) is 11.7. The second kappa shape index (κ2) is 6.37. The minimum atomic E-state index is -4.02. The van der Waals surface area contributed by atoms with E-state index in [2.05, 4.69) is 0 Å². The van der Waals surface area contributed by atoms with Crippen LogP contribution in [0.25, 0.3) is 0 Å². The third-order valence-corrected chi connectivity index (χ3v) is 5.24. The number of anilines is 1. The molecule has 22 heavy (non-hydrogen) atoms. The lowest BCUT2D eigenvalue weighted by Gasteiger charge is -2.25. The Morgan fingerprint density at radius 2 is 1.82 bits per heavy atom. The van der Waals surface area contributed by atoms with Gasteiger partial charge >= 0.3 is 0 Å². The van der Waals surface area contributed by atoms with Crippen LogP contribution in [0.5, 0.6) is 0 Å². The molecule has 0 N–H and O–H groups in total. The first kappa shape index (κ1) is 16.3. The van der Waals surface area contributed by atoms with Gasteiger partial charge in [-0.2, -0.15) is 0 Å². The first-order chi connectivity index (χ1) is 10.3. The number of carbonyl (C=O) groups is 1. The second-order valence-corrected chi connectivity index (χ2v) is 6.90. The summed E-state index contributed by atoms with van der Waals surface area (Å²) in [7, 11) is -4.02. The van der Waals surface area contributed by atoms with Crippen LogP contribution in [0.15, 0.2) is 53.4 Å². The van der Waals surface area contributed by atoms with Crippen LogP contribution in [0.2, 0.25) is 5.02 Å². The van der Waals surface area contributed by atoms with E-state index in [-0.39, 0.29) is 10.6 Å². The molecule has 2 aromatic carbocycles. The number of aliphatic carboxylic acids is 1. The Balaban J connectivity index is 2.55. The quantitative estimate of drug-likeness (QED) is 0.829. The molecule has 0 saturated carbocycles. The van der Waals surface area contributed by atoms with E-state index in [4.69, 9.17) is 11.6 Å². The van der Waals surface area contributed by atoms with E-state index < -0.39 is 22.5 Å². The zero-order chi connectivity index (χ0) is 16.3. The third-order valence-electron chi connectivity index (χ3n) is 3.05. The number of carbonyl (C=O) groups excluding carboxylic acids is 1. The van der Waals surface area contributed by atoms with Gasteiger partial charge in [0.2, 0.25) is 0 Å². The molecule has 0 atom stereocenters. The van der Waals surface area contributed by atoms with Crippen LogP contribution in [-0.4, -0.2) is 20.9 Å². The molecule has 0 radical (unpaired) electrons. The number of halogens is 1. The highest BCUT2D eigenvalue weighted by atomic mass is 35.5. The molecule has 0 aliphatic carbocycles. The molecular weight excluding hydrogens is 326 g/mol. The number of rotatable bonds is 5. The molecule has 0 aromatic heterocycles. The summed E-state index contributed by atoms with van der Waals surface area (Å²) >= 11 is 6.01. The van der Waals surface area contributed by atoms with Crippen molar-refractivity contribution in [1.82, 2.24) is 0 Å². The monoisotopic (exact) mass is 338 g/mol. The van der Waals surface area contributed by atoms with E-state index in [1.807, 2.05) is 0 Å². The number of nitrogens with zero attached hydrogens (tertiary/aromatic N) is 1. The van der Waals surface area contributed by atoms with Crippen molar-refractivity contribution in [2.24, 2.45) is 0 Å². The molecule has 0 fully saturated rings. The maximum atomic E-state index is 12.7. The standard InChI is InChI=1S/C15H14ClNO4S/c1-11-7-8-12(9-14(11)16)17(10-15(18)19)22(20,21)13-5-3-2-4-6-13/h2-9H,10H2,1H3,(H,18,19)/p-1. The van der Waals surface area contributed by atoms with E-state index in [9.17, 15) is 18.3 Å². The number of benzene rings is 2. The first-order valence-electron chi connectivity index (χ1n) is 6.36. The van der Waals surface area contributed by atoms with Crippen molar-refractivity contribution in [2.45, 2.75) is 11.8 Å². The summed E-state index contributed by atoms with van der Waals surface area (Å²) in [6.07, 6.45) is 0. The average Bonchev–Trinajstić information content (AvgIpc) is 2.48. The van der Waals surface area contributed by atoms with Gasteiger partial charge in [-0.05, 0) is 36.8 Å². The molecule has 0 saturated heterocycles. The largest absolute Gasteiger partial charge is 0.548 e. The highest BCUT2D eigenvalue weighted by Crippen LogP contribution is 2.27. The van der Waals surface area contributed by atoms with Gasteiger partial charge < -0.3 is 9.90 Å². The molecule has 2 rings (SSSR count). The van der Waals surface area contributed by atoms with Crippen molar-refractivity contribution >= 4 is 33.3 Å². The number of carboxylic acids is 1. The van der Waals surface area contributed by atoms with Crippen molar-refractivity contribution in [3.8, 4) is 0 Å². The smallest absolute Gasteiger partial charge is 0.264 e. The van der Waals surface area contributed by atoms with Gasteiger partial charge in [0.05, 0.1) is 23.1 Å². The summed E-state index contributed by atoms with van der Waals surface area (Å²) in [6, 6.07) is 12.1. The summed E-state index contributed by atoms with van der Waals surface area (Å²) in [5.74, 6) is -1.50. The highest BCUT2D eigenvalue weighted by Gasteiger charge is 2.25. The number of aryl methyl sites for hydroxylation is 1. The zero-order valence-corrected chi connectivity index (χ0v) is 13.3. The van der Waals surface area contributed by atoms with Gasteiger partial charge in [0.1, 0.15) is 0 Å². The Morgan fingerprint density at radius 1 is 1.18 bits per heavy atom. The van der Waals surface area contributed by atoms with Crippen LogP contribution in [0.1, 0.15) is 5.56 Å². The van der Waals surface area contributed by atoms with E-state index in [1.54, 1.807) is 31.2 Å². The molecule has 116 valence electrons. The molecule has 7 heteroatoms. The van der Waals surface area contributed by atoms with Crippen LogP contribution in [-0.2, 0) is 14.8 Å². The molecular formula is C15H13ClNO4S-. The Kier molecular flexibility index (Phi) is 4.73. The van der Waals surface area contributed by atoms with Crippen molar-refractivity contribution in [2.75, 3.05) is 10.8 Å². The molecule has 0 aliphatic heterocycles. The number of hydrogen-bond donors (Lipinski definition) is 0. The predicted molar refractivity (Wildman–Crippen MR) is 82.2 cm³/mol. The Bertz CT molecular complexity index is 790. The lowest BCUT2D eigenvalue weighted by molar-refractivity contribution is -0.303. The second-order valence-electron chi connectivity index (χ2n) is 4.63. The fourth-order valence-electron chi connectivity index (χ4n) is 1.89. The van der Waals surface area contributed by atoms with Gasteiger partial charge in [0.15, 0.2) is 0 Å². The third kappa shape index (κ3) is 3.40. The lowest BCUT2D eigenvalue weighted by atomic mass is 10.2. The lowest BCUT2D eigenvalue weighted by Crippen LogP contribution is -2.41. The number of hydrogen-bond acceptors (Lipinski definition) is 4. The molecule has 0 spiro atoms. The van der Waals surface area contributed by atoms with Crippen LogP contribution in [0, 0.1) is 6.92 Å². The SMILES string of the molecule is Cc1ccc(N(CC(=O)[O-])S(=O)(=O)c2ccccc2)cc1Cl. The summed E-state index contributed by atoms with van der Waals surface area (Å²) < 4.78 is 26.1. The molecule has 0 unspecified atom stereocenters. The van der Waals surface area contributed by atoms with Crippen LogP contribution in [0.4, 0.5) is 5.69 Å². The van der Waals surface area contributed by atoms with E-state index in [1.165, 1.54) is 24.3 Å². The fraction of sp³-hybridized carbons (Fsp3) is 0.133. The van der Waals surface area contributed by atoms with Gasteiger partial charge in [-0.25, -0.2) is 8.42 Å². The maximum absolute atomic E-state index is 12.7. The van der Waals surface area contributed by atoms with E-state index in [0.29, 0.717) is 5.02 Å². The Morgan fingerprint density at radius 3 is 2.36 bits per heavy atom. The van der Waals surface area contributed by atoms with Crippen LogP contribution < -0.4 is 9.41 Å². The molecule has 5 nitrogen and oxygen atoms in total. The average molecular weight is 339 g/mol. The molecule has 0 amide bonds. The van der Waals surface area contributed by atoms with Gasteiger partial charge in [0, 0.05) is 5.02 Å². The minimum Gasteiger partial charge on any atom is -0.548 e. The van der Waals surface area contributed by atoms with Crippen molar-refractivity contribution in [3.05, 3.63) is 59.1 Å². The van der Waals surface area contributed by atoms with Gasteiger partial charge in [-0.1, -0.05) is 35.9 Å². The number of carboxylic acid groups (broad SMARTS) is 1. The van der Waals surface area contributed by atoms with E-state index >= 15 is 0 Å². The van der Waals surface area contributed by atoms with Crippen molar-refractivity contribution < 1.29 is 18.3 Å². The van der Waals surface area contributed by atoms with E-state index in [0.717, 1.165) is 9.87 Å². The van der Waals surface area contributed by atoms with Crippen molar-refractivity contribution in [1.29, 1.82) is 0 Å². The maximum Gasteiger partial charge on any atom is 0.264 e. The summed E-state index contributed by atoms with van der Waals surface area (Å²) in [5.41, 5.74) is 0.930. The molecule has 0 bridgehead atoms. The topological polar surface area (TPSA) is 77.5 Å². The number of sulfonamides is 1. The Labute approximate surface area is 133 Å². The summed E-state index contributed by atoms with van der Waals surface area (Å²) in [4.78, 5) is 11.0. The first-order valence-corrected chi connectivity index (χ1v) is 8.18. The summed E-state index contributed by atoms with van der Waals surface area (Å²) in [6.45, 7) is 0.970. The predicted octanol–water partition coefficient (Wildman–Crippen LogP) is 1.59. The van der Waals surface area contributed by atoms with Crippen molar-refractivity contribution in [3.63, 3.8) is 0 Å². The van der Waals surface area contributed by atoms with Crippen LogP contribution in [0.3, 0.4) is 0 Å². The highest BCUT2D eigenvalue weighted by molar-refractivity contribution is 7.92. The van der Waals surface area contributed by atoms with Crippen LogP contribution >= 0.6 is 11.6 Å². The molecule has 2 aromatic rings. The normalized spacial score (nSPS) is 11.2. The summed E-state index contributed by atoms with van der Waals surface area (Å²) in [5, 5.41) is 11.3. The van der Waals surface area contributed by atoms with Gasteiger partial charge in [-0.15, -0.1) is 0 Å².